The molecule has 0 aliphatic carbocycles. The van der Waals surface area contributed by atoms with Gasteiger partial charge in [-0.1, -0.05) is 6.07 Å². The van der Waals surface area contributed by atoms with Crippen LogP contribution in [0, 0.1) is 0 Å². The van der Waals surface area contributed by atoms with E-state index in [9.17, 15) is 9.59 Å². The standard InChI is InChI=1S/C18H21N5O4/c1-21-11-14(10-20-21)16(24)22-6-8-26-18(12-22)13-23(7-9-27-18)17(25)15-4-2-3-5-19-15/h2-5,10-11H,6-9,12-13H2,1H3. The Bertz CT molecular complexity index is 835. The highest BCUT2D eigenvalue weighted by Crippen LogP contribution is 2.26. The van der Waals surface area contributed by atoms with Crippen LogP contribution in [0.15, 0.2) is 36.8 Å². The van der Waals surface area contributed by atoms with Crippen LogP contribution in [0.25, 0.3) is 0 Å². The highest BCUT2D eigenvalue weighted by Gasteiger charge is 2.44. The number of hydrogen-bond donors (Lipinski definition) is 0. The zero-order valence-electron chi connectivity index (χ0n) is 15.1. The molecule has 2 saturated heterocycles. The van der Waals surface area contributed by atoms with Gasteiger partial charge in [-0.2, -0.15) is 5.10 Å². The summed E-state index contributed by atoms with van der Waals surface area (Å²) in [5.41, 5.74) is 0.903. The monoisotopic (exact) mass is 371 g/mol. The fourth-order valence-electron chi connectivity index (χ4n) is 3.41. The number of carbonyl (C=O) groups excluding carboxylic acids is 2. The molecule has 0 radical (unpaired) electrons. The van der Waals surface area contributed by atoms with Crippen LogP contribution in [-0.2, 0) is 16.5 Å². The van der Waals surface area contributed by atoms with Crippen molar-refractivity contribution in [3.63, 3.8) is 0 Å². The van der Waals surface area contributed by atoms with Crippen molar-refractivity contribution >= 4 is 11.8 Å². The van der Waals surface area contributed by atoms with Crippen molar-refractivity contribution in [3.8, 4) is 0 Å². The van der Waals surface area contributed by atoms with Crippen LogP contribution in [0.2, 0.25) is 0 Å². The number of rotatable bonds is 2. The van der Waals surface area contributed by atoms with E-state index in [4.69, 9.17) is 9.47 Å². The summed E-state index contributed by atoms with van der Waals surface area (Å²) in [4.78, 5) is 33.0. The number of ether oxygens (including phenoxy) is 2. The molecule has 9 nitrogen and oxygen atoms in total. The average Bonchev–Trinajstić information content (AvgIpc) is 3.14. The molecule has 2 fully saturated rings. The molecular weight excluding hydrogens is 350 g/mol. The van der Waals surface area contributed by atoms with E-state index < -0.39 is 5.79 Å². The molecule has 2 aromatic heterocycles. The van der Waals surface area contributed by atoms with E-state index in [0.717, 1.165) is 0 Å². The van der Waals surface area contributed by atoms with Gasteiger partial charge < -0.3 is 19.3 Å². The first-order valence-corrected chi connectivity index (χ1v) is 8.82. The average molecular weight is 371 g/mol. The molecule has 2 aliphatic heterocycles. The smallest absolute Gasteiger partial charge is 0.272 e. The first-order valence-electron chi connectivity index (χ1n) is 8.82. The summed E-state index contributed by atoms with van der Waals surface area (Å²) >= 11 is 0. The molecule has 2 amide bonds. The van der Waals surface area contributed by atoms with E-state index in [2.05, 4.69) is 10.1 Å². The Labute approximate surface area is 156 Å². The molecular formula is C18H21N5O4. The lowest BCUT2D eigenvalue weighted by Crippen LogP contribution is -2.63. The van der Waals surface area contributed by atoms with Crippen molar-refractivity contribution in [3.05, 3.63) is 48.0 Å². The second-order valence-corrected chi connectivity index (χ2v) is 6.68. The largest absolute Gasteiger partial charge is 0.345 e. The number of pyridine rings is 1. The lowest BCUT2D eigenvalue weighted by atomic mass is 10.1. The van der Waals surface area contributed by atoms with E-state index >= 15 is 0 Å². The Kier molecular flexibility index (Phi) is 4.63. The molecule has 1 unspecified atom stereocenters. The van der Waals surface area contributed by atoms with Gasteiger partial charge in [-0.15, -0.1) is 0 Å². The van der Waals surface area contributed by atoms with Gasteiger partial charge in [0.15, 0.2) is 0 Å². The molecule has 4 heterocycles. The van der Waals surface area contributed by atoms with E-state index in [1.807, 2.05) is 0 Å². The third-order valence-electron chi connectivity index (χ3n) is 4.73. The normalized spacial score (nSPS) is 22.9. The molecule has 0 aromatic carbocycles. The predicted molar refractivity (Wildman–Crippen MR) is 93.9 cm³/mol. The number of nitrogens with zero attached hydrogens (tertiary/aromatic N) is 5. The summed E-state index contributed by atoms with van der Waals surface area (Å²) in [5, 5.41) is 4.05. The molecule has 1 spiro atoms. The van der Waals surface area contributed by atoms with Crippen LogP contribution in [0.5, 0.6) is 0 Å². The fraction of sp³-hybridized carbons (Fsp3) is 0.444. The van der Waals surface area contributed by atoms with Gasteiger partial charge in [0.05, 0.1) is 38.1 Å². The number of aryl methyl sites for hydroxylation is 1. The Balaban J connectivity index is 1.48. The van der Waals surface area contributed by atoms with Gasteiger partial charge in [0.1, 0.15) is 5.69 Å². The van der Waals surface area contributed by atoms with E-state index in [1.165, 1.54) is 0 Å². The first-order chi connectivity index (χ1) is 13.1. The zero-order chi connectivity index (χ0) is 18.9. The molecule has 0 saturated carbocycles. The lowest BCUT2D eigenvalue weighted by Gasteiger charge is -2.47. The summed E-state index contributed by atoms with van der Waals surface area (Å²) < 4.78 is 13.4. The predicted octanol–water partition coefficient (Wildman–Crippen LogP) is 0.156. The van der Waals surface area contributed by atoms with Crippen molar-refractivity contribution in [2.45, 2.75) is 5.79 Å². The van der Waals surface area contributed by atoms with Gasteiger partial charge in [-0.3, -0.25) is 19.3 Å². The maximum absolute atomic E-state index is 12.7. The highest BCUT2D eigenvalue weighted by atomic mass is 16.7. The number of morpholine rings is 2. The van der Waals surface area contributed by atoms with Crippen LogP contribution in [0.3, 0.4) is 0 Å². The lowest BCUT2D eigenvalue weighted by molar-refractivity contribution is -0.282. The van der Waals surface area contributed by atoms with Crippen LogP contribution in [0.1, 0.15) is 20.8 Å². The summed E-state index contributed by atoms with van der Waals surface area (Å²) in [6.07, 6.45) is 4.82. The Hall–Kier alpha value is -2.78. The molecule has 9 heteroatoms. The maximum Gasteiger partial charge on any atom is 0.272 e. The van der Waals surface area contributed by atoms with Crippen molar-refractivity contribution in [2.75, 3.05) is 39.4 Å². The van der Waals surface area contributed by atoms with Crippen LogP contribution in [-0.4, -0.2) is 81.6 Å². The minimum absolute atomic E-state index is 0.123. The number of carbonyl (C=O) groups is 2. The molecule has 0 bridgehead atoms. The van der Waals surface area contributed by atoms with E-state index in [-0.39, 0.29) is 24.9 Å². The molecule has 4 rings (SSSR count). The zero-order valence-corrected chi connectivity index (χ0v) is 15.1. The summed E-state index contributed by atoms with van der Waals surface area (Å²) in [7, 11) is 1.77. The van der Waals surface area contributed by atoms with Crippen LogP contribution in [0.4, 0.5) is 0 Å². The first kappa shape index (κ1) is 17.6. The Morgan fingerprint density at radius 1 is 1.07 bits per heavy atom. The molecule has 2 aromatic rings. The summed E-state index contributed by atoms with van der Waals surface area (Å²) in [6.45, 7) is 2.11. The van der Waals surface area contributed by atoms with Gasteiger partial charge in [-0.25, -0.2) is 0 Å². The second kappa shape index (κ2) is 7.09. The number of amides is 2. The van der Waals surface area contributed by atoms with Gasteiger partial charge >= 0.3 is 0 Å². The summed E-state index contributed by atoms with van der Waals surface area (Å²) in [6, 6.07) is 5.23. The Morgan fingerprint density at radius 3 is 2.37 bits per heavy atom. The van der Waals surface area contributed by atoms with Gasteiger partial charge in [-0.05, 0) is 12.1 Å². The van der Waals surface area contributed by atoms with Crippen LogP contribution < -0.4 is 0 Å². The van der Waals surface area contributed by atoms with Crippen LogP contribution >= 0.6 is 0 Å². The molecule has 0 N–H and O–H groups in total. The number of hydrogen-bond acceptors (Lipinski definition) is 6. The van der Waals surface area contributed by atoms with E-state index in [1.54, 1.807) is 58.3 Å². The van der Waals surface area contributed by atoms with Crippen molar-refractivity contribution in [1.29, 1.82) is 0 Å². The minimum atomic E-state index is -1.02. The third kappa shape index (κ3) is 3.56. The summed E-state index contributed by atoms with van der Waals surface area (Å²) in [5.74, 6) is -1.31. The maximum atomic E-state index is 12.7. The molecule has 142 valence electrons. The SMILES string of the molecule is Cn1cc(C(=O)N2CCOC3(C2)CN(C(=O)c2ccccn2)CCO3)cn1. The van der Waals surface area contributed by atoms with Gasteiger partial charge in [0.2, 0.25) is 5.79 Å². The van der Waals surface area contributed by atoms with Crippen molar-refractivity contribution in [1.82, 2.24) is 24.6 Å². The molecule has 1 atom stereocenters. The molecule has 27 heavy (non-hydrogen) atoms. The highest BCUT2D eigenvalue weighted by molar-refractivity contribution is 5.94. The third-order valence-corrected chi connectivity index (χ3v) is 4.73. The number of aromatic nitrogens is 3. The fourth-order valence-corrected chi connectivity index (χ4v) is 3.41. The molecule has 2 aliphatic rings. The van der Waals surface area contributed by atoms with Crippen molar-refractivity contribution in [2.24, 2.45) is 7.05 Å². The minimum Gasteiger partial charge on any atom is -0.345 e. The Morgan fingerprint density at radius 2 is 1.78 bits per heavy atom. The van der Waals surface area contributed by atoms with Crippen molar-refractivity contribution < 1.29 is 19.1 Å². The van der Waals surface area contributed by atoms with Gasteiger partial charge in [0, 0.05) is 32.5 Å². The van der Waals surface area contributed by atoms with Gasteiger partial charge in [0.25, 0.3) is 11.8 Å². The topological polar surface area (TPSA) is 89.8 Å². The second-order valence-electron chi connectivity index (χ2n) is 6.68. The van der Waals surface area contributed by atoms with E-state index in [0.29, 0.717) is 37.6 Å². The quantitative estimate of drug-likeness (QED) is 0.747.